The summed E-state index contributed by atoms with van der Waals surface area (Å²) in [6.45, 7) is 8.49. The lowest BCUT2D eigenvalue weighted by molar-refractivity contribution is -0.122. The minimum atomic E-state index is 0.210. The Hall–Kier alpha value is -0.610. The van der Waals surface area contributed by atoms with Crippen LogP contribution in [0.4, 0.5) is 0 Å². The van der Waals surface area contributed by atoms with Gasteiger partial charge in [-0.05, 0) is 39.8 Å². The van der Waals surface area contributed by atoms with Crippen molar-refractivity contribution < 1.29 is 4.79 Å². The molecule has 4 heteroatoms. The molecule has 1 saturated heterocycles. The highest BCUT2D eigenvalue weighted by Crippen LogP contribution is 2.15. The molecule has 4 nitrogen and oxygen atoms in total. The van der Waals surface area contributed by atoms with Gasteiger partial charge in [-0.1, -0.05) is 13.8 Å². The van der Waals surface area contributed by atoms with Gasteiger partial charge in [0.05, 0.1) is 0 Å². The molecule has 0 bridgehead atoms. The van der Waals surface area contributed by atoms with Crippen LogP contribution in [-0.2, 0) is 4.79 Å². The van der Waals surface area contributed by atoms with Gasteiger partial charge in [0.25, 0.3) is 0 Å². The molecule has 0 radical (unpaired) electrons. The molecule has 0 aromatic heterocycles. The van der Waals surface area contributed by atoms with Gasteiger partial charge in [-0.15, -0.1) is 0 Å². The number of nitrogens with one attached hydrogen (secondary N) is 2. The van der Waals surface area contributed by atoms with Gasteiger partial charge < -0.3 is 15.5 Å². The fraction of sp³-hybridized carbons (Fsp3) is 0.929. The highest BCUT2D eigenvalue weighted by atomic mass is 16.1. The lowest BCUT2D eigenvalue weighted by Gasteiger charge is -2.35. The Morgan fingerprint density at radius 3 is 2.78 bits per heavy atom. The Labute approximate surface area is 111 Å². The Bertz CT molecular complexity index is 255. The molecule has 2 N–H and O–H groups in total. The monoisotopic (exact) mass is 255 g/mol. The van der Waals surface area contributed by atoms with E-state index in [9.17, 15) is 4.79 Å². The average Bonchev–Trinajstić information content (AvgIpc) is 2.29. The minimum absolute atomic E-state index is 0.210. The molecule has 18 heavy (non-hydrogen) atoms. The summed E-state index contributed by atoms with van der Waals surface area (Å²) in [6.07, 6.45) is 3.72. The summed E-state index contributed by atoms with van der Waals surface area (Å²) in [5, 5.41) is 6.50. The Kier molecular flexibility index (Phi) is 6.65. The highest BCUT2D eigenvalue weighted by Gasteiger charge is 2.23. The lowest BCUT2D eigenvalue weighted by atomic mass is 9.99. The fourth-order valence-electron chi connectivity index (χ4n) is 2.36. The summed E-state index contributed by atoms with van der Waals surface area (Å²) >= 11 is 0. The van der Waals surface area contributed by atoms with E-state index in [1.807, 2.05) is 0 Å². The Balaban J connectivity index is 2.12. The van der Waals surface area contributed by atoms with E-state index in [-0.39, 0.29) is 5.91 Å². The van der Waals surface area contributed by atoms with Gasteiger partial charge in [0.1, 0.15) is 0 Å². The first kappa shape index (κ1) is 15.4. The number of amides is 1. The molecule has 0 aromatic carbocycles. The summed E-state index contributed by atoms with van der Waals surface area (Å²) in [5.74, 6) is 0.210. The first-order chi connectivity index (χ1) is 8.49. The maximum Gasteiger partial charge on any atom is 0.220 e. The zero-order valence-electron chi connectivity index (χ0n) is 12.3. The van der Waals surface area contributed by atoms with Crippen molar-refractivity contribution in [1.29, 1.82) is 0 Å². The maximum absolute atomic E-state index is 11.8. The molecule has 1 fully saturated rings. The molecule has 0 spiro atoms. The quantitative estimate of drug-likeness (QED) is 0.705. The first-order valence-electron chi connectivity index (χ1n) is 7.22. The SMILES string of the molecule is CC(C)NCCCC(=O)NC1CCN(C)C(C)C1. The molecule has 2 atom stereocenters. The fourth-order valence-corrected chi connectivity index (χ4v) is 2.36. The smallest absolute Gasteiger partial charge is 0.220 e. The predicted molar refractivity (Wildman–Crippen MR) is 75.6 cm³/mol. The topological polar surface area (TPSA) is 44.4 Å². The number of carbonyl (C=O) groups is 1. The molecule has 1 aliphatic heterocycles. The van der Waals surface area contributed by atoms with Gasteiger partial charge in [-0.2, -0.15) is 0 Å². The van der Waals surface area contributed by atoms with E-state index >= 15 is 0 Å². The second-order valence-corrected chi connectivity index (χ2v) is 5.83. The zero-order valence-corrected chi connectivity index (χ0v) is 12.3. The first-order valence-corrected chi connectivity index (χ1v) is 7.22. The van der Waals surface area contributed by atoms with E-state index in [1.54, 1.807) is 0 Å². The Morgan fingerprint density at radius 2 is 2.17 bits per heavy atom. The third kappa shape index (κ3) is 5.83. The number of hydrogen-bond acceptors (Lipinski definition) is 3. The van der Waals surface area contributed by atoms with Crippen molar-refractivity contribution in [3.63, 3.8) is 0 Å². The standard InChI is InChI=1S/C14H29N3O/c1-11(2)15-8-5-6-14(18)16-13-7-9-17(4)12(3)10-13/h11-13,15H,5-10H2,1-4H3,(H,16,18). The van der Waals surface area contributed by atoms with Gasteiger partial charge >= 0.3 is 0 Å². The third-order valence-corrected chi connectivity index (χ3v) is 3.71. The summed E-state index contributed by atoms with van der Waals surface area (Å²) in [4.78, 5) is 14.1. The van der Waals surface area contributed by atoms with Crippen LogP contribution in [0, 0.1) is 0 Å². The summed E-state index contributed by atoms with van der Waals surface area (Å²) in [7, 11) is 2.15. The van der Waals surface area contributed by atoms with Gasteiger partial charge in [0, 0.05) is 31.1 Å². The number of piperidine rings is 1. The molecular weight excluding hydrogens is 226 g/mol. The van der Waals surface area contributed by atoms with E-state index in [0.29, 0.717) is 24.5 Å². The van der Waals surface area contributed by atoms with Crippen LogP contribution < -0.4 is 10.6 Å². The molecule has 0 aliphatic carbocycles. The molecule has 1 heterocycles. The van der Waals surface area contributed by atoms with Gasteiger partial charge in [-0.25, -0.2) is 0 Å². The Morgan fingerprint density at radius 1 is 1.44 bits per heavy atom. The van der Waals surface area contributed by atoms with Crippen molar-refractivity contribution in [2.24, 2.45) is 0 Å². The van der Waals surface area contributed by atoms with Crippen molar-refractivity contribution in [1.82, 2.24) is 15.5 Å². The van der Waals surface area contributed by atoms with Crippen LogP contribution >= 0.6 is 0 Å². The van der Waals surface area contributed by atoms with E-state index in [4.69, 9.17) is 0 Å². The van der Waals surface area contributed by atoms with Gasteiger partial charge in [-0.3, -0.25) is 4.79 Å². The van der Waals surface area contributed by atoms with Crippen molar-refractivity contribution in [2.75, 3.05) is 20.1 Å². The summed E-state index contributed by atoms with van der Waals surface area (Å²) in [6, 6.07) is 1.45. The molecule has 2 unspecified atom stereocenters. The third-order valence-electron chi connectivity index (χ3n) is 3.71. The number of hydrogen-bond donors (Lipinski definition) is 2. The largest absolute Gasteiger partial charge is 0.353 e. The van der Waals surface area contributed by atoms with Crippen molar-refractivity contribution >= 4 is 5.91 Å². The van der Waals surface area contributed by atoms with Crippen molar-refractivity contribution in [2.45, 2.75) is 64.6 Å². The molecule has 0 aromatic rings. The highest BCUT2D eigenvalue weighted by molar-refractivity contribution is 5.76. The molecule has 0 saturated carbocycles. The van der Waals surface area contributed by atoms with Gasteiger partial charge in [0.2, 0.25) is 5.91 Å². The van der Waals surface area contributed by atoms with Crippen LogP contribution in [0.3, 0.4) is 0 Å². The van der Waals surface area contributed by atoms with Crippen LogP contribution in [0.15, 0.2) is 0 Å². The number of rotatable bonds is 6. The van der Waals surface area contributed by atoms with E-state index in [2.05, 4.69) is 43.4 Å². The normalized spacial score (nSPS) is 25.4. The predicted octanol–water partition coefficient (Wildman–Crippen LogP) is 1.36. The minimum Gasteiger partial charge on any atom is -0.353 e. The number of nitrogens with zero attached hydrogens (tertiary/aromatic N) is 1. The van der Waals surface area contributed by atoms with Crippen LogP contribution in [0.2, 0.25) is 0 Å². The van der Waals surface area contributed by atoms with Crippen LogP contribution in [0.25, 0.3) is 0 Å². The average molecular weight is 255 g/mol. The van der Waals surface area contributed by atoms with Crippen LogP contribution in [0.1, 0.15) is 46.5 Å². The molecule has 106 valence electrons. The number of likely N-dealkylation sites (tertiary alicyclic amines) is 1. The lowest BCUT2D eigenvalue weighted by Crippen LogP contribution is -2.47. The summed E-state index contributed by atoms with van der Waals surface area (Å²) in [5.41, 5.74) is 0. The van der Waals surface area contributed by atoms with E-state index in [0.717, 1.165) is 32.4 Å². The molecule has 1 amide bonds. The van der Waals surface area contributed by atoms with Crippen LogP contribution in [0.5, 0.6) is 0 Å². The molecular formula is C14H29N3O. The van der Waals surface area contributed by atoms with Crippen molar-refractivity contribution in [3.8, 4) is 0 Å². The van der Waals surface area contributed by atoms with E-state index in [1.165, 1.54) is 0 Å². The second kappa shape index (κ2) is 7.74. The maximum atomic E-state index is 11.8. The molecule has 1 rings (SSSR count). The van der Waals surface area contributed by atoms with Crippen molar-refractivity contribution in [3.05, 3.63) is 0 Å². The van der Waals surface area contributed by atoms with E-state index < -0.39 is 0 Å². The molecule has 1 aliphatic rings. The second-order valence-electron chi connectivity index (χ2n) is 5.83. The summed E-state index contributed by atoms with van der Waals surface area (Å²) < 4.78 is 0. The van der Waals surface area contributed by atoms with Crippen LogP contribution in [-0.4, -0.2) is 49.1 Å². The van der Waals surface area contributed by atoms with Gasteiger partial charge in [0.15, 0.2) is 0 Å². The number of carbonyl (C=O) groups excluding carboxylic acids is 1. The zero-order chi connectivity index (χ0) is 13.5.